The molecule has 0 radical (unpaired) electrons. The number of likely N-dealkylation sites (tertiary alicyclic amines) is 1. The van der Waals surface area contributed by atoms with Crippen LogP contribution in [0.3, 0.4) is 0 Å². The first-order valence-electron chi connectivity index (χ1n) is 14.6. The van der Waals surface area contributed by atoms with Gasteiger partial charge in [-0.1, -0.05) is 86.1 Å². The summed E-state index contributed by atoms with van der Waals surface area (Å²) in [6.45, 7) is 6.69. The predicted molar refractivity (Wildman–Crippen MR) is 165 cm³/mol. The summed E-state index contributed by atoms with van der Waals surface area (Å²) in [5.41, 5.74) is 2.25. The zero-order valence-electron chi connectivity index (χ0n) is 23.5. The molecule has 1 saturated heterocycles. The van der Waals surface area contributed by atoms with E-state index in [1.165, 1.54) is 31.2 Å². The lowest BCUT2D eigenvalue weighted by atomic mass is 9.97. The third-order valence-electron chi connectivity index (χ3n) is 7.65. The van der Waals surface area contributed by atoms with Crippen LogP contribution in [0.25, 0.3) is 0 Å². The fourth-order valence-electron chi connectivity index (χ4n) is 5.18. The van der Waals surface area contributed by atoms with Crippen LogP contribution in [0.5, 0.6) is 5.75 Å². The smallest absolute Gasteiger partial charge is 0.194 e. The fourth-order valence-corrected chi connectivity index (χ4v) is 5.56. The summed E-state index contributed by atoms with van der Waals surface area (Å²) in [7, 11) is 0. The summed E-state index contributed by atoms with van der Waals surface area (Å²) in [6.07, 6.45) is 8.64. The van der Waals surface area contributed by atoms with Crippen molar-refractivity contribution in [1.82, 2.24) is 4.90 Å². The van der Waals surface area contributed by atoms with Gasteiger partial charge in [-0.25, -0.2) is 0 Å². The highest BCUT2D eigenvalue weighted by Gasteiger charge is 2.23. The highest BCUT2D eigenvalue weighted by Crippen LogP contribution is 2.27. The number of carbonyl (C=O) groups is 1. The molecule has 0 bridgehead atoms. The van der Waals surface area contributed by atoms with Crippen molar-refractivity contribution in [3.05, 3.63) is 99.5 Å². The highest BCUT2D eigenvalue weighted by atomic mass is 35.5. The molecule has 3 aromatic carbocycles. The Hall–Kier alpha value is -2.37. The highest BCUT2D eigenvalue weighted by molar-refractivity contribution is 6.35. The number of halogens is 2. The van der Waals surface area contributed by atoms with E-state index in [9.17, 15) is 4.79 Å². The number of piperidine rings is 1. The molecule has 0 unspecified atom stereocenters. The molecule has 0 aliphatic carbocycles. The molecule has 4 nitrogen and oxygen atoms in total. The van der Waals surface area contributed by atoms with Crippen LogP contribution >= 0.6 is 23.2 Å². The molecule has 1 fully saturated rings. The van der Waals surface area contributed by atoms with E-state index < -0.39 is 0 Å². The maximum Gasteiger partial charge on any atom is 0.194 e. The van der Waals surface area contributed by atoms with Crippen LogP contribution < -0.4 is 4.74 Å². The third kappa shape index (κ3) is 9.62. The zero-order valence-corrected chi connectivity index (χ0v) is 25.0. The molecule has 1 aliphatic rings. The van der Waals surface area contributed by atoms with E-state index in [2.05, 4.69) is 36.1 Å². The average molecular weight is 583 g/mol. The number of unbranched alkanes of at least 4 members (excludes halogenated alkanes) is 3. The van der Waals surface area contributed by atoms with Crippen LogP contribution in [0.1, 0.15) is 73.4 Å². The number of nitrogens with zero attached hydrogens (tertiary/aromatic N) is 1. The van der Waals surface area contributed by atoms with E-state index in [0.29, 0.717) is 46.1 Å². The summed E-state index contributed by atoms with van der Waals surface area (Å²) in [4.78, 5) is 15.4. The summed E-state index contributed by atoms with van der Waals surface area (Å²) in [6, 6.07) is 22.6. The largest absolute Gasteiger partial charge is 0.493 e. The average Bonchev–Trinajstić information content (AvgIpc) is 2.98. The Bertz CT molecular complexity index is 1180. The van der Waals surface area contributed by atoms with Gasteiger partial charge in [0.15, 0.2) is 5.78 Å². The number of hydrogen-bond donors (Lipinski definition) is 0. The van der Waals surface area contributed by atoms with Gasteiger partial charge < -0.3 is 14.4 Å². The van der Waals surface area contributed by atoms with E-state index in [1.54, 1.807) is 36.4 Å². The summed E-state index contributed by atoms with van der Waals surface area (Å²) in [5, 5.41) is 0.989. The van der Waals surface area contributed by atoms with Gasteiger partial charge in [-0.2, -0.15) is 0 Å². The zero-order chi connectivity index (χ0) is 28.2. The second-order valence-electron chi connectivity index (χ2n) is 10.8. The van der Waals surface area contributed by atoms with Crippen LogP contribution in [0, 0.1) is 5.92 Å². The number of carbonyl (C=O) groups excluding carboxylic acids is 1. The van der Waals surface area contributed by atoms with E-state index >= 15 is 0 Å². The summed E-state index contributed by atoms with van der Waals surface area (Å²) >= 11 is 12.4. The van der Waals surface area contributed by atoms with E-state index in [0.717, 1.165) is 38.9 Å². The van der Waals surface area contributed by atoms with Gasteiger partial charge in [0.05, 0.1) is 24.3 Å². The second kappa shape index (κ2) is 16.2. The van der Waals surface area contributed by atoms with Crippen LogP contribution in [0.2, 0.25) is 10.0 Å². The maximum absolute atomic E-state index is 12.8. The van der Waals surface area contributed by atoms with E-state index in [1.807, 2.05) is 12.1 Å². The van der Waals surface area contributed by atoms with Crippen LogP contribution in [-0.2, 0) is 11.3 Å². The molecule has 0 aromatic heterocycles. The molecule has 214 valence electrons. The van der Waals surface area contributed by atoms with Gasteiger partial charge in [-0.05, 0) is 86.3 Å². The maximum atomic E-state index is 12.8. The molecular formula is C34H41Cl2NO3. The summed E-state index contributed by atoms with van der Waals surface area (Å²) in [5.74, 6) is 1.07. The quantitative estimate of drug-likeness (QED) is 0.133. The van der Waals surface area contributed by atoms with Crippen molar-refractivity contribution in [3.63, 3.8) is 0 Å². The van der Waals surface area contributed by atoms with Crippen molar-refractivity contribution < 1.29 is 14.3 Å². The van der Waals surface area contributed by atoms with Gasteiger partial charge in [0.25, 0.3) is 0 Å². The molecule has 40 heavy (non-hydrogen) atoms. The van der Waals surface area contributed by atoms with Crippen molar-refractivity contribution in [2.24, 2.45) is 5.92 Å². The SMILES string of the molecule is CCCCCC[C@@H](CN1CCC(COc2ccc(C(=O)c3ccc(Cl)cc3)c(Cl)c2)CC1)OCc1ccccc1. The molecule has 0 N–H and O–H groups in total. The molecule has 0 saturated carbocycles. The van der Waals surface area contributed by atoms with Crippen molar-refractivity contribution in [2.45, 2.75) is 64.6 Å². The lowest BCUT2D eigenvalue weighted by Gasteiger charge is -2.34. The van der Waals surface area contributed by atoms with Gasteiger partial charge in [0, 0.05) is 22.7 Å². The fraction of sp³-hybridized carbons (Fsp3) is 0.441. The first-order valence-corrected chi connectivity index (χ1v) is 15.4. The normalized spacial score (nSPS) is 15.2. The molecule has 4 rings (SSSR count). The first-order chi connectivity index (χ1) is 19.5. The van der Waals surface area contributed by atoms with Crippen LogP contribution in [-0.4, -0.2) is 43.0 Å². The molecule has 1 aliphatic heterocycles. The Labute approximate surface area is 249 Å². The number of benzene rings is 3. The molecule has 1 heterocycles. The molecule has 3 aromatic rings. The molecule has 6 heteroatoms. The Morgan fingerprint density at radius 3 is 2.40 bits per heavy atom. The Kier molecular flexibility index (Phi) is 12.4. The number of ketones is 1. The van der Waals surface area contributed by atoms with Gasteiger partial charge in [0.1, 0.15) is 5.75 Å². The van der Waals surface area contributed by atoms with Gasteiger partial charge >= 0.3 is 0 Å². The standard InChI is InChI=1S/C34H41Cl2NO3/c1-2-3-4-8-11-31(40-24-26-9-6-5-7-10-26)23-37-20-18-27(19-21-37)25-39-30-16-17-32(33(36)22-30)34(38)28-12-14-29(35)15-13-28/h5-7,9-10,12-17,22,27,31H,2-4,8,11,18-21,23-25H2,1H3/t31-/m0/s1. The Balaban J connectivity index is 1.22. The molecule has 0 spiro atoms. The minimum absolute atomic E-state index is 0.128. The second-order valence-corrected chi connectivity index (χ2v) is 11.6. The molecule has 0 amide bonds. The van der Waals surface area contributed by atoms with Crippen LogP contribution in [0.15, 0.2) is 72.8 Å². The van der Waals surface area contributed by atoms with Crippen molar-refractivity contribution >= 4 is 29.0 Å². The Morgan fingerprint density at radius 2 is 1.70 bits per heavy atom. The van der Waals surface area contributed by atoms with E-state index in [-0.39, 0.29) is 11.9 Å². The van der Waals surface area contributed by atoms with Crippen LogP contribution in [0.4, 0.5) is 0 Å². The predicted octanol–water partition coefficient (Wildman–Crippen LogP) is 8.87. The monoisotopic (exact) mass is 581 g/mol. The number of ether oxygens (including phenoxy) is 2. The van der Waals surface area contributed by atoms with Gasteiger partial charge in [0.2, 0.25) is 0 Å². The summed E-state index contributed by atoms with van der Waals surface area (Å²) < 4.78 is 12.5. The van der Waals surface area contributed by atoms with Crippen molar-refractivity contribution in [1.29, 1.82) is 0 Å². The number of hydrogen-bond acceptors (Lipinski definition) is 4. The molecule has 1 atom stereocenters. The minimum Gasteiger partial charge on any atom is -0.493 e. The lowest BCUT2D eigenvalue weighted by Crippen LogP contribution is -2.40. The van der Waals surface area contributed by atoms with Gasteiger partial charge in [-0.3, -0.25) is 4.79 Å². The first kappa shape index (κ1) is 30.6. The number of rotatable bonds is 15. The lowest BCUT2D eigenvalue weighted by molar-refractivity contribution is 0.000484. The minimum atomic E-state index is -0.128. The third-order valence-corrected chi connectivity index (χ3v) is 8.22. The van der Waals surface area contributed by atoms with Gasteiger partial charge in [-0.15, -0.1) is 0 Å². The molecular weight excluding hydrogens is 541 g/mol. The van der Waals surface area contributed by atoms with Crippen molar-refractivity contribution in [3.8, 4) is 5.75 Å². The van der Waals surface area contributed by atoms with Crippen molar-refractivity contribution in [2.75, 3.05) is 26.2 Å². The van der Waals surface area contributed by atoms with E-state index in [4.69, 9.17) is 32.7 Å². The topological polar surface area (TPSA) is 38.8 Å². The Morgan fingerprint density at radius 1 is 0.950 bits per heavy atom.